The Labute approximate surface area is 173 Å². The largest absolute Gasteiger partial charge is 0.344 e. The van der Waals surface area contributed by atoms with Crippen LogP contribution in [0.5, 0.6) is 0 Å². The van der Waals surface area contributed by atoms with Crippen LogP contribution in [0.3, 0.4) is 0 Å². The van der Waals surface area contributed by atoms with Gasteiger partial charge in [0, 0.05) is 15.2 Å². The van der Waals surface area contributed by atoms with Crippen LogP contribution in [0.25, 0.3) is 10.2 Å². The van der Waals surface area contributed by atoms with Crippen molar-refractivity contribution in [2.45, 2.75) is 19.8 Å². The number of thiophene rings is 1. The molecule has 0 atom stereocenters. The molecule has 0 spiro atoms. The predicted molar refractivity (Wildman–Crippen MR) is 113 cm³/mol. The van der Waals surface area contributed by atoms with Gasteiger partial charge in [-0.15, -0.1) is 0 Å². The number of amides is 1. The van der Waals surface area contributed by atoms with Crippen molar-refractivity contribution in [1.82, 2.24) is 10.5 Å². The summed E-state index contributed by atoms with van der Waals surface area (Å²) in [5, 5.41) is 4.31. The fourth-order valence-corrected chi connectivity index (χ4v) is 4.16. The van der Waals surface area contributed by atoms with Crippen molar-refractivity contribution >= 4 is 60.7 Å². The van der Waals surface area contributed by atoms with E-state index >= 15 is 0 Å². The third-order valence-electron chi connectivity index (χ3n) is 4.27. The number of anilines is 2. The van der Waals surface area contributed by atoms with E-state index < -0.39 is 0 Å². The van der Waals surface area contributed by atoms with Gasteiger partial charge in [0.15, 0.2) is 0 Å². The summed E-state index contributed by atoms with van der Waals surface area (Å²) in [6.07, 6.45) is 4.03. The van der Waals surface area contributed by atoms with E-state index in [1.165, 1.54) is 17.4 Å². The van der Waals surface area contributed by atoms with Crippen molar-refractivity contribution in [2.75, 3.05) is 11.9 Å². The molecule has 27 heavy (non-hydrogen) atoms. The number of fused-ring (bicyclic) bond motifs is 1. The van der Waals surface area contributed by atoms with Gasteiger partial charge < -0.3 is 5.32 Å². The van der Waals surface area contributed by atoms with Crippen molar-refractivity contribution in [3.8, 4) is 0 Å². The van der Waals surface area contributed by atoms with E-state index in [2.05, 4.69) is 38.4 Å². The number of benzene rings is 1. The van der Waals surface area contributed by atoms with E-state index in [9.17, 15) is 9.18 Å². The second kappa shape index (κ2) is 7.69. The molecule has 1 aliphatic carbocycles. The average Bonchev–Trinajstić information content (AvgIpc) is 3.37. The first-order valence-electron chi connectivity index (χ1n) is 8.54. The molecule has 140 valence electrons. The van der Waals surface area contributed by atoms with Gasteiger partial charge in [0.2, 0.25) is 0 Å². The summed E-state index contributed by atoms with van der Waals surface area (Å²) in [6.45, 7) is 2.43. The fourth-order valence-electron chi connectivity index (χ4n) is 2.67. The highest BCUT2D eigenvalue weighted by Gasteiger charge is 2.24. The molecule has 2 N–H and O–H groups in total. The normalized spacial score (nSPS) is 13.7. The van der Waals surface area contributed by atoms with E-state index in [1.807, 2.05) is 13.0 Å². The molecule has 0 saturated heterocycles. The van der Waals surface area contributed by atoms with Gasteiger partial charge in [-0.25, -0.2) is 14.9 Å². The summed E-state index contributed by atoms with van der Waals surface area (Å²) < 4.78 is 15.1. The molecule has 1 fully saturated rings. The second-order valence-electron chi connectivity index (χ2n) is 6.61. The average molecular weight is 497 g/mol. The summed E-state index contributed by atoms with van der Waals surface area (Å²) in [4.78, 5) is 23.3. The lowest BCUT2D eigenvalue weighted by Crippen LogP contribution is -2.25. The number of rotatable bonds is 6. The number of pyridine rings is 1. The molecule has 8 heteroatoms. The summed E-state index contributed by atoms with van der Waals surface area (Å²) >= 11 is 3.37. The fraction of sp³-hybridized carbons (Fsp3) is 0.263. The molecule has 3 aromatic rings. The monoisotopic (exact) mass is 497 g/mol. The maximum atomic E-state index is 14.3. The Morgan fingerprint density at radius 3 is 2.96 bits per heavy atom. The number of halogens is 2. The summed E-state index contributed by atoms with van der Waals surface area (Å²) in [6, 6.07) is 6.81. The molecule has 0 aliphatic heterocycles. The lowest BCUT2D eigenvalue weighted by atomic mass is 10.1. The molecule has 0 radical (unpaired) electrons. The molecule has 1 saturated carbocycles. The van der Waals surface area contributed by atoms with Crippen molar-refractivity contribution in [3.05, 3.63) is 51.0 Å². The third-order valence-corrected chi connectivity index (χ3v) is 5.97. The topological polar surface area (TPSA) is 63.2 Å². The highest BCUT2D eigenvalue weighted by atomic mass is 127. The Balaban J connectivity index is 1.68. The van der Waals surface area contributed by atoms with E-state index in [1.54, 1.807) is 18.3 Å². The Kier molecular flexibility index (Phi) is 5.29. The van der Waals surface area contributed by atoms with Crippen molar-refractivity contribution < 1.29 is 14.0 Å². The van der Waals surface area contributed by atoms with Crippen LogP contribution in [0.1, 0.15) is 28.8 Å². The van der Waals surface area contributed by atoms with Crippen LogP contribution >= 0.6 is 33.9 Å². The van der Waals surface area contributed by atoms with Crippen molar-refractivity contribution in [1.29, 1.82) is 0 Å². The van der Waals surface area contributed by atoms with Gasteiger partial charge >= 0.3 is 0 Å². The number of hydroxylamine groups is 1. The molecule has 2 heterocycles. The first-order chi connectivity index (χ1) is 13.0. The molecule has 1 aromatic carbocycles. The minimum atomic E-state index is -0.375. The van der Waals surface area contributed by atoms with E-state index in [4.69, 9.17) is 4.84 Å². The number of carbonyl (C=O) groups excluding carboxylic acids is 1. The smallest absolute Gasteiger partial charge is 0.278 e. The zero-order valence-electron chi connectivity index (χ0n) is 14.5. The van der Waals surface area contributed by atoms with Crippen LogP contribution in [0.15, 0.2) is 30.5 Å². The quantitative estimate of drug-likeness (QED) is 0.365. The van der Waals surface area contributed by atoms with Crippen LogP contribution in [0.4, 0.5) is 15.1 Å². The van der Waals surface area contributed by atoms with E-state index in [0.29, 0.717) is 33.6 Å². The first kappa shape index (κ1) is 18.6. The highest BCUT2D eigenvalue weighted by Crippen LogP contribution is 2.37. The van der Waals surface area contributed by atoms with E-state index in [-0.39, 0.29) is 11.7 Å². The SMILES string of the molecule is Cc1cnc2sc(Nc3ccc(I)cc3F)c(C(=O)NOCC3CC3)c2c1. The highest BCUT2D eigenvalue weighted by molar-refractivity contribution is 14.1. The van der Waals surface area contributed by atoms with Gasteiger partial charge in [-0.3, -0.25) is 9.63 Å². The molecule has 5 nitrogen and oxygen atoms in total. The maximum Gasteiger partial charge on any atom is 0.278 e. The number of carbonyl (C=O) groups is 1. The summed E-state index contributed by atoms with van der Waals surface area (Å²) in [7, 11) is 0. The lowest BCUT2D eigenvalue weighted by molar-refractivity contribution is 0.0272. The zero-order chi connectivity index (χ0) is 19.0. The Morgan fingerprint density at radius 2 is 2.22 bits per heavy atom. The number of nitrogens with zero attached hydrogens (tertiary/aromatic N) is 1. The van der Waals surface area contributed by atoms with Crippen LogP contribution < -0.4 is 10.8 Å². The molecule has 1 amide bonds. The number of hydrogen-bond acceptors (Lipinski definition) is 5. The first-order valence-corrected chi connectivity index (χ1v) is 10.4. The van der Waals surface area contributed by atoms with Gasteiger partial charge in [-0.05, 0) is 78.1 Å². The van der Waals surface area contributed by atoms with Gasteiger partial charge in [0.1, 0.15) is 15.6 Å². The Morgan fingerprint density at radius 1 is 1.41 bits per heavy atom. The van der Waals surface area contributed by atoms with E-state index in [0.717, 1.165) is 27.4 Å². The number of aromatic nitrogens is 1. The zero-order valence-corrected chi connectivity index (χ0v) is 17.5. The van der Waals surface area contributed by atoms with Crippen molar-refractivity contribution in [2.24, 2.45) is 5.92 Å². The molecular weight excluding hydrogens is 480 g/mol. The predicted octanol–water partition coefficient (Wildman–Crippen LogP) is 5.16. The summed E-state index contributed by atoms with van der Waals surface area (Å²) in [5.74, 6) is -0.200. The summed E-state index contributed by atoms with van der Waals surface area (Å²) in [5.41, 5.74) is 4.20. The van der Waals surface area contributed by atoms with Crippen LogP contribution in [0.2, 0.25) is 0 Å². The minimum absolute atomic E-state index is 0.312. The van der Waals surface area contributed by atoms with Gasteiger partial charge in [0.05, 0.1) is 17.9 Å². The van der Waals surface area contributed by atoms with Crippen molar-refractivity contribution in [3.63, 3.8) is 0 Å². The van der Waals surface area contributed by atoms with Crippen LogP contribution in [-0.2, 0) is 4.84 Å². The minimum Gasteiger partial charge on any atom is -0.344 e. The maximum absolute atomic E-state index is 14.3. The molecule has 0 bridgehead atoms. The second-order valence-corrected chi connectivity index (χ2v) is 8.85. The lowest BCUT2D eigenvalue weighted by Gasteiger charge is -2.10. The molecular formula is C19H17FIN3O2S. The standard InChI is InChI=1S/C19H17FIN3O2S/c1-10-6-13-16(17(25)24-26-9-11-2-3-11)19(27-18(13)22-8-10)23-15-5-4-12(21)7-14(15)20/h4-8,11,23H,2-3,9H2,1H3,(H,24,25). The number of aryl methyl sites for hydroxylation is 1. The third kappa shape index (κ3) is 4.22. The number of hydrogen-bond donors (Lipinski definition) is 2. The Hall–Kier alpha value is -1.78. The molecule has 0 unspecified atom stereocenters. The van der Waals surface area contributed by atoms with Crippen LogP contribution in [-0.4, -0.2) is 17.5 Å². The molecule has 4 rings (SSSR count). The van der Waals surface area contributed by atoms with Gasteiger partial charge in [-0.1, -0.05) is 11.3 Å². The molecule has 1 aliphatic rings. The van der Waals surface area contributed by atoms with Crippen LogP contribution in [0, 0.1) is 22.2 Å². The van der Waals surface area contributed by atoms with Gasteiger partial charge in [-0.2, -0.15) is 0 Å². The van der Waals surface area contributed by atoms with Gasteiger partial charge in [0.25, 0.3) is 5.91 Å². The Bertz CT molecular complexity index is 1020. The number of nitrogens with one attached hydrogen (secondary N) is 2. The molecule has 2 aromatic heterocycles.